The van der Waals surface area contributed by atoms with Gasteiger partial charge in [-0.3, -0.25) is 4.79 Å². The number of hydrogen-bond acceptors (Lipinski definition) is 6. The Kier molecular flexibility index (Phi) is 7.99. The molecule has 0 bridgehead atoms. The summed E-state index contributed by atoms with van der Waals surface area (Å²) in [5.41, 5.74) is 1.41. The third-order valence-electron chi connectivity index (χ3n) is 4.43. The van der Waals surface area contributed by atoms with Crippen molar-refractivity contribution in [3.05, 3.63) is 40.3 Å². The highest BCUT2D eigenvalue weighted by atomic mass is 32.1. The Balaban J connectivity index is 2.16. The summed E-state index contributed by atoms with van der Waals surface area (Å²) in [4.78, 5) is 37.9. The second kappa shape index (κ2) is 10.2. The van der Waals surface area contributed by atoms with E-state index in [1.807, 2.05) is 6.92 Å². The van der Waals surface area contributed by atoms with Gasteiger partial charge in [0.05, 0.1) is 12.2 Å². The van der Waals surface area contributed by atoms with Crippen molar-refractivity contribution in [2.75, 3.05) is 11.9 Å². The Labute approximate surface area is 169 Å². The maximum absolute atomic E-state index is 12.5. The summed E-state index contributed by atoms with van der Waals surface area (Å²) in [6, 6.07) is 0. The molecule has 2 atom stereocenters. The lowest BCUT2D eigenvalue weighted by atomic mass is 9.88. The van der Waals surface area contributed by atoms with E-state index in [-0.39, 0.29) is 6.61 Å². The number of carbonyl (C=O) groups is 3. The van der Waals surface area contributed by atoms with Crippen molar-refractivity contribution in [1.29, 1.82) is 0 Å². The molecule has 1 aromatic rings. The van der Waals surface area contributed by atoms with Crippen LogP contribution >= 0.6 is 11.3 Å². The summed E-state index contributed by atoms with van der Waals surface area (Å²) < 4.78 is 10.3. The van der Waals surface area contributed by atoms with Crippen LogP contribution in [0.1, 0.15) is 54.9 Å². The number of ether oxygens (including phenoxy) is 2. The fourth-order valence-corrected chi connectivity index (χ4v) is 4.39. The van der Waals surface area contributed by atoms with E-state index in [9.17, 15) is 14.4 Å². The van der Waals surface area contributed by atoms with Crippen molar-refractivity contribution in [2.24, 2.45) is 5.92 Å². The number of esters is 2. The average molecular weight is 406 g/mol. The Morgan fingerprint density at radius 3 is 2.75 bits per heavy atom. The van der Waals surface area contributed by atoms with Crippen LogP contribution in [0.15, 0.2) is 24.3 Å². The minimum absolute atomic E-state index is 0.264. The highest BCUT2D eigenvalue weighted by Gasteiger charge is 2.30. The number of hydrogen-bond donors (Lipinski definition) is 1. The van der Waals surface area contributed by atoms with Gasteiger partial charge < -0.3 is 14.8 Å². The van der Waals surface area contributed by atoms with Gasteiger partial charge in [0.25, 0.3) is 5.91 Å². The molecule has 2 unspecified atom stereocenters. The summed E-state index contributed by atoms with van der Waals surface area (Å²) in [7, 11) is 0. The maximum atomic E-state index is 12.5. The van der Waals surface area contributed by atoms with E-state index in [1.165, 1.54) is 24.3 Å². The van der Waals surface area contributed by atoms with E-state index in [0.29, 0.717) is 16.5 Å². The molecule has 0 radical (unpaired) electrons. The van der Waals surface area contributed by atoms with Gasteiger partial charge in [-0.05, 0) is 51.5 Å². The Morgan fingerprint density at radius 1 is 1.32 bits per heavy atom. The Hall–Kier alpha value is -2.41. The fourth-order valence-electron chi connectivity index (χ4n) is 2.98. The van der Waals surface area contributed by atoms with Crippen LogP contribution in [0.25, 0.3) is 0 Å². The van der Waals surface area contributed by atoms with Crippen LogP contribution in [-0.4, -0.2) is 30.6 Å². The monoisotopic (exact) mass is 405 g/mol. The van der Waals surface area contributed by atoms with Crippen LogP contribution in [0.2, 0.25) is 0 Å². The molecule has 1 aliphatic carbocycles. The molecule has 0 saturated heterocycles. The highest BCUT2D eigenvalue weighted by Crippen LogP contribution is 2.40. The highest BCUT2D eigenvalue weighted by molar-refractivity contribution is 7.17. The molecule has 0 aliphatic heterocycles. The van der Waals surface area contributed by atoms with Gasteiger partial charge in [-0.15, -0.1) is 11.3 Å². The first-order chi connectivity index (χ1) is 13.4. The molecule has 1 amide bonds. The molecule has 0 saturated carbocycles. The van der Waals surface area contributed by atoms with Gasteiger partial charge in [0, 0.05) is 11.0 Å². The number of rotatable bonds is 7. The molecule has 0 spiro atoms. The smallest absolute Gasteiger partial charge is 0.341 e. The van der Waals surface area contributed by atoms with E-state index in [1.54, 1.807) is 25.2 Å². The number of fused-ring (bicyclic) bond motifs is 1. The van der Waals surface area contributed by atoms with Gasteiger partial charge in [-0.1, -0.05) is 25.2 Å². The molecule has 1 heterocycles. The zero-order valence-electron chi connectivity index (χ0n) is 16.7. The second-order valence-electron chi connectivity index (χ2n) is 6.73. The molecule has 0 fully saturated rings. The van der Waals surface area contributed by atoms with E-state index < -0.39 is 23.9 Å². The van der Waals surface area contributed by atoms with Crippen LogP contribution in [0, 0.1) is 5.92 Å². The van der Waals surface area contributed by atoms with Crippen LogP contribution in [0.4, 0.5) is 5.00 Å². The van der Waals surface area contributed by atoms with E-state index in [4.69, 9.17) is 9.47 Å². The summed E-state index contributed by atoms with van der Waals surface area (Å²) in [5, 5.41) is 3.23. The van der Waals surface area contributed by atoms with Crippen molar-refractivity contribution in [3.8, 4) is 0 Å². The second-order valence-corrected chi connectivity index (χ2v) is 7.83. The lowest BCUT2D eigenvalue weighted by Gasteiger charge is -2.18. The Morgan fingerprint density at radius 2 is 2.07 bits per heavy atom. The van der Waals surface area contributed by atoms with E-state index in [2.05, 4.69) is 12.2 Å². The zero-order valence-corrected chi connectivity index (χ0v) is 17.6. The van der Waals surface area contributed by atoms with Crippen LogP contribution in [0.5, 0.6) is 0 Å². The van der Waals surface area contributed by atoms with Crippen LogP contribution in [-0.2, 0) is 31.9 Å². The third kappa shape index (κ3) is 5.55. The molecule has 0 aromatic carbocycles. The first kappa shape index (κ1) is 21.9. The predicted octanol–water partition coefficient (Wildman–Crippen LogP) is 4.05. The summed E-state index contributed by atoms with van der Waals surface area (Å²) in [6.45, 7) is 7.51. The predicted molar refractivity (Wildman–Crippen MR) is 110 cm³/mol. The Bertz CT molecular complexity index is 793. The first-order valence-electron chi connectivity index (χ1n) is 9.49. The van der Waals surface area contributed by atoms with Gasteiger partial charge in [-0.2, -0.15) is 0 Å². The summed E-state index contributed by atoms with van der Waals surface area (Å²) in [5.74, 6) is -0.979. The molecule has 152 valence electrons. The lowest BCUT2D eigenvalue weighted by Crippen LogP contribution is -2.29. The van der Waals surface area contributed by atoms with Crippen molar-refractivity contribution in [1.82, 2.24) is 0 Å². The maximum Gasteiger partial charge on any atom is 0.341 e. The van der Waals surface area contributed by atoms with Crippen LogP contribution < -0.4 is 5.32 Å². The van der Waals surface area contributed by atoms with Crippen molar-refractivity contribution in [3.63, 3.8) is 0 Å². The molecular formula is C21H27NO5S. The summed E-state index contributed by atoms with van der Waals surface area (Å²) >= 11 is 1.40. The van der Waals surface area contributed by atoms with Crippen molar-refractivity contribution >= 4 is 34.2 Å². The normalized spacial score (nSPS) is 17.4. The van der Waals surface area contributed by atoms with Gasteiger partial charge in [-0.25, -0.2) is 9.59 Å². The largest absolute Gasteiger partial charge is 0.462 e. The molecular weight excluding hydrogens is 378 g/mol. The minimum Gasteiger partial charge on any atom is -0.462 e. The molecule has 2 rings (SSSR count). The van der Waals surface area contributed by atoms with Gasteiger partial charge in [0.15, 0.2) is 6.10 Å². The molecule has 1 N–H and O–H groups in total. The van der Waals surface area contributed by atoms with Gasteiger partial charge >= 0.3 is 11.9 Å². The minimum atomic E-state index is -0.990. The zero-order chi connectivity index (χ0) is 20.7. The first-order valence-corrected chi connectivity index (χ1v) is 10.3. The molecule has 6 nitrogen and oxygen atoms in total. The fraction of sp³-hybridized carbons (Fsp3) is 0.476. The summed E-state index contributed by atoms with van der Waals surface area (Å²) in [6.07, 6.45) is 7.93. The lowest BCUT2D eigenvalue weighted by molar-refractivity contribution is -0.148. The van der Waals surface area contributed by atoms with E-state index >= 15 is 0 Å². The number of amides is 1. The number of allylic oxidation sites excluding steroid dienone is 3. The van der Waals surface area contributed by atoms with Crippen molar-refractivity contribution in [2.45, 2.75) is 53.1 Å². The number of thiophene rings is 1. The van der Waals surface area contributed by atoms with Gasteiger partial charge in [0.1, 0.15) is 5.00 Å². The molecule has 7 heteroatoms. The number of nitrogens with one attached hydrogen (secondary N) is 1. The number of carbonyl (C=O) groups excluding carboxylic acids is 3. The molecule has 1 aromatic heterocycles. The van der Waals surface area contributed by atoms with Gasteiger partial charge in [0.2, 0.25) is 0 Å². The quantitative estimate of drug-likeness (QED) is 0.420. The molecule has 28 heavy (non-hydrogen) atoms. The SMILES string of the molecule is C/C=C/C=C/C(=O)OC(C)C(=O)Nc1sc2c(c1C(=O)OCC)CCC(C)C2. The standard InChI is InChI=1S/C21H27NO5S/c1-5-7-8-9-17(23)27-14(4)19(24)22-20-18(21(25)26-6-2)15-11-10-13(3)12-16(15)28-20/h5,7-9,13-14H,6,10-12H2,1-4H3,(H,22,24)/b7-5+,9-8+. The molecule has 1 aliphatic rings. The van der Waals surface area contributed by atoms with Crippen molar-refractivity contribution < 1.29 is 23.9 Å². The topological polar surface area (TPSA) is 81.7 Å². The average Bonchev–Trinajstić information content (AvgIpc) is 2.98. The number of anilines is 1. The third-order valence-corrected chi connectivity index (χ3v) is 5.60. The van der Waals surface area contributed by atoms with Crippen LogP contribution in [0.3, 0.4) is 0 Å². The van der Waals surface area contributed by atoms with E-state index in [0.717, 1.165) is 29.7 Å².